The maximum Gasteiger partial charge on any atom is 0.227 e. The molecular weight excluding hydrogens is 422 g/mol. The molecule has 1 aromatic carbocycles. The van der Waals surface area contributed by atoms with Gasteiger partial charge in [0.05, 0.1) is 12.5 Å². The van der Waals surface area contributed by atoms with E-state index in [1.54, 1.807) is 11.9 Å². The third-order valence-corrected chi connectivity index (χ3v) is 6.87. The molecule has 0 radical (unpaired) electrons. The average molecular weight is 467 g/mol. The van der Waals surface area contributed by atoms with E-state index in [0.717, 1.165) is 44.8 Å². The number of rotatable bonds is 15. The summed E-state index contributed by atoms with van der Waals surface area (Å²) >= 11 is 0. The Hall–Kier alpha value is -1.53. The topological polar surface area (TPSA) is 32.8 Å². The summed E-state index contributed by atoms with van der Waals surface area (Å²) in [6.07, 6.45) is 12.7. The van der Waals surface area contributed by atoms with Crippen LogP contribution in [0, 0.1) is 11.6 Å². The molecule has 0 heterocycles. The molecular formula is C27H44F2N2O2. The maximum atomic E-state index is 13.8. The molecule has 2 rings (SSSR count). The van der Waals surface area contributed by atoms with E-state index < -0.39 is 11.6 Å². The lowest BCUT2D eigenvalue weighted by Crippen LogP contribution is -2.41. The highest BCUT2D eigenvalue weighted by Crippen LogP contribution is 2.25. The maximum absolute atomic E-state index is 13.8. The van der Waals surface area contributed by atoms with E-state index in [4.69, 9.17) is 4.74 Å². The normalized spacial score (nSPS) is 18.6. The van der Waals surface area contributed by atoms with Crippen LogP contribution in [0.5, 0.6) is 0 Å². The largest absolute Gasteiger partial charge is 0.378 e. The summed E-state index contributed by atoms with van der Waals surface area (Å²) in [6, 6.07) is 3.54. The summed E-state index contributed by atoms with van der Waals surface area (Å²) in [6.45, 7) is 5.47. The molecule has 0 spiro atoms. The molecule has 0 unspecified atom stereocenters. The summed E-state index contributed by atoms with van der Waals surface area (Å²) < 4.78 is 33.0. The quantitative estimate of drug-likeness (QED) is 0.298. The van der Waals surface area contributed by atoms with Crippen LogP contribution in [-0.4, -0.2) is 61.6 Å². The van der Waals surface area contributed by atoms with E-state index in [2.05, 4.69) is 18.9 Å². The summed E-state index contributed by atoms with van der Waals surface area (Å²) in [5.41, 5.74) is 0.244. The Morgan fingerprint density at radius 2 is 1.64 bits per heavy atom. The fourth-order valence-corrected chi connectivity index (χ4v) is 4.59. The van der Waals surface area contributed by atoms with Gasteiger partial charge in [0.1, 0.15) is 11.6 Å². The van der Waals surface area contributed by atoms with Crippen LogP contribution in [0.1, 0.15) is 83.1 Å². The lowest BCUT2D eigenvalue weighted by molar-refractivity contribution is -0.132. The molecule has 1 amide bonds. The van der Waals surface area contributed by atoms with Crippen LogP contribution in [0.4, 0.5) is 8.78 Å². The Labute approximate surface area is 199 Å². The average Bonchev–Trinajstić information content (AvgIpc) is 2.80. The smallest absolute Gasteiger partial charge is 0.227 e. The van der Waals surface area contributed by atoms with E-state index in [0.29, 0.717) is 0 Å². The van der Waals surface area contributed by atoms with Gasteiger partial charge in [0, 0.05) is 25.8 Å². The van der Waals surface area contributed by atoms with Crippen LogP contribution in [0.15, 0.2) is 18.2 Å². The Bertz CT molecular complexity index is 693. The van der Waals surface area contributed by atoms with E-state index in [1.807, 2.05) is 0 Å². The van der Waals surface area contributed by atoms with Gasteiger partial charge in [-0.3, -0.25) is 4.79 Å². The molecule has 6 heteroatoms. The van der Waals surface area contributed by atoms with Crippen LogP contribution < -0.4 is 0 Å². The van der Waals surface area contributed by atoms with Crippen molar-refractivity contribution in [1.82, 2.24) is 9.80 Å². The van der Waals surface area contributed by atoms with Gasteiger partial charge in [-0.15, -0.1) is 0 Å². The van der Waals surface area contributed by atoms with E-state index in [-0.39, 0.29) is 30.0 Å². The first-order valence-corrected chi connectivity index (χ1v) is 12.9. The van der Waals surface area contributed by atoms with E-state index in [1.165, 1.54) is 63.7 Å². The molecule has 1 saturated carbocycles. The highest BCUT2D eigenvalue weighted by molar-refractivity contribution is 5.78. The molecule has 0 aromatic heterocycles. The lowest BCUT2D eigenvalue weighted by atomic mass is 9.91. The zero-order chi connectivity index (χ0) is 24.1. The highest BCUT2D eigenvalue weighted by Gasteiger charge is 2.27. The monoisotopic (exact) mass is 466 g/mol. The van der Waals surface area contributed by atoms with Gasteiger partial charge in [0.15, 0.2) is 0 Å². The number of amides is 1. The predicted molar refractivity (Wildman–Crippen MR) is 130 cm³/mol. The first-order chi connectivity index (χ1) is 15.9. The Balaban J connectivity index is 1.54. The second-order valence-electron chi connectivity index (χ2n) is 9.64. The van der Waals surface area contributed by atoms with Crippen molar-refractivity contribution in [3.63, 3.8) is 0 Å². The van der Waals surface area contributed by atoms with Crippen molar-refractivity contribution >= 4 is 5.91 Å². The number of nitrogens with zero attached hydrogens (tertiary/aromatic N) is 2. The molecule has 0 atom stereocenters. The Morgan fingerprint density at radius 3 is 2.30 bits per heavy atom. The molecule has 0 aliphatic heterocycles. The zero-order valence-electron chi connectivity index (χ0n) is 21.0. The molecule has 1 fully saturated rings. The summed E-state index contributed by atoms with van der Waals surface area (Å²) in [4.78, 5) is 16.7. The van der Waals surface area contributed by atoms with Crippen LogP contribution in [-0.2, 0) is 16.0 Å². The third-order valence-electron chi connectivity index (χ3n) is 6.87. The molecule has 1 aromatic rings. The number of halogens is 2. The number of hydrogen-bond acceptors (Lipinski definition) is 3. The second-order valence-corrected chi connectivity index (χ2v) is 9.64. The fraction of sp³-hybridized carbons (Fsp3) is 0.741. The molecule has 1 aliphatic rings. The number of hydrogen-bond donors (Lipinski definition) is 0. The van der Waals surface area contributed by atoms with Crippen LogP contribution in [0.25, 0.3) is 0 Å². The third kappa shape index (κ3) is 10.5. The van der Waals surface area contributed by atoms with Crippen molar-refractivity contribution < 1.29 is 18.3 Å². The predicted octanol–water partition coefficient (Wildman–Crippen LogP) is 5.98. The van der Waals surface area contributed by atoms with Crippen molar-refractivity contribution in [3.8, 4) is 0 Å². The van der Waals surface area contributed by atoms with Gasteiger partial charge in [-0.1, -0.05) is 38.7 Å². The van der Waals surface area contributed by atoms with Crippen LogP contribution >= 0.6 is 0 Å². The van der Waals surface area contributed by atoms with Gasteiger partial charge in [0.2, 0.25) is 5.91 Å². The lowest BCUT2D eigenvalue weighted by Gasteiger charge is -2.34. The van der Waals surface area contributed by atoms with E-state index >= 15 is 0 Å². The minimum absolute atomic E-state index is 0.0342. The SMILES string of the molecule is CCCCCN(C)CCCCCCO[C@H]1CC[C@H](N(C)C(=O)Cc2ccc(F)cc2F)CC1. The van der Waals surface area contributed by atoms with Crippen molar-refractivity contribution in [1.29, 1.82) is 0 Å². The van der Waals surface area contributed by atoms with Crippen LogP contribution in [0.2, 0.25) is 0 Å². The number of likely N-dealkylation sites (N-methyl/N-ethyl adjacent to an activating group) is 1. The number of benzene rings is 1. The van der Waals surface area contributed by atoms with Crippen molar-refractivity contribution in [2.45, 2.75) is 96.1 Å². The minimum Gasteiger partial charge on any atom is -0.378 e. The molecule has 0 bridgehead atoms. The number of carbonyl (C=O) groups excluding carboxylic acids is 1. The standard InChI is InChI=1S/C27H44F2N2O2/c1-4-5-8-17-30(2)18-9-6-7-10-19-33-25-15-13-24(14-16-25)31(3)27(32)20-22-11-12-23(28)21-26(22)29/h11-12,21,24-25H,4-10,13-20H2,1-3H3/t24-,25-. The number of ether oxygens (including phenoxy) is 1. The fourth-order valence-electron chi connectivity index (χ4n) is 4.59. The highest BCUT2D eigenvalue weighted by atomic mass is 19.1. The Kier molecular flexibility index (Phi) is 12.9. The number of carbonyl (C=O) groups is 1. The molecule has 0 saturated heterocycles. The Morgan fingerprint density at radius 1 is 0.970 bits per heavy atom. The molecule has 188 valence electrons. The summed E-state index contributed by atoms with van der Waals surface area (Å²) in [5, 5.41) is 0. The first-order valence-electron chi connectivity index (χ1n) is 12.9. The van der Waals surface area contributed by atoms with Gasteiger partial charge >= 0.3 is 0 Å². The zero-order valence-corrected chi connectivity index (χ0v) is 21.0. The molecule has 4 nitrogen and oxygen atoms in total. The number of unbranched alkanes of at least 4 members (excludes halogenated alkanes) is 5. The minimum atomic E-state index is -0.659. The van der Waals surface area contributed by atoms with Crippen LogP contribution in [0.3, 0.4) is 0 Å². The molecule has 1 aliphatic carbocycles. The summed E-state index contributed by atoms with van der Waals surface area (Å²) in [5.74, 6) is -1.41. The van der Waals surface area contributed by atoms with Gasteiger partial charge in [-0.2, -0.15) is 0 Å². The van der Waals surface area contributed by atoms with Gasteiger partial charge in [-0.05, 0) is 76.7 Å². The molecule has 33 heavy (non-hydrogen) atoms. The van der Waals surface area contributed by atoms with Crippen molar-refractivity contribution in [2.75, 3.05) is 33.8 Å². The van der Waals surface area contributed by atoms with Gasteiger partial charge in [-0.25, -0.2) is 8.78 Å². The van der Waals surface area contributed by atoms with Gasteiger partial charge < -0.3 is 14.5 Å². The molecule has 0 N–H and O–H groups in total. The summed E-state index contributed by atoms with van der Waals surface area (Å²) in [7, 11) is 4.01. The second kappa shape index (κ2) is 15.4. The first kappa shape index (κ1) is 27.7. The van der Waals surface area contributed by atoms with E-state index in [9.17, 15) is 13.6 Å². The van der Waals surface area contributed by atoms with Gasteiger partial charge in [0.25, 0.3) is 0 Å². The van der Waals surface area contributed by atoms with Crippen molar-refractivity contribution in [3.05, 3.63) is 35.4 Å². The van der Waals surface area contributed by atoms with Crippen molar-refractivity contribution in [2.24, 2.45) is 0 Å².